The van der Waals surface area contributed by atoms with Gasteiger partial charge >= 0.3 is 0 Å². The molecule has 0 radical (unpaired) electrons. The highest BCUT2D eigenvalue weighted by Gasteiger charge is 2.16. The molecule has 0 spiro atoms. The average Bonchev–Trinajstić information content (AvgIpc) is 3.04. The summed E-state index contributed by atoms with van der Waals surface area (Å²) in [5, 5.41) is 9.89. The summed E-state index contributed by atoms with van der Waals surface area (Å²) in [4.78, 5) is 1.28. The Labute approximate surface area is 154 Å². The summed E-state index contributed by atoms with van der Waals surface area (Å²) in [5.41, 5.74) is 3.07. The molecule has 0 amide bonds. The summed E-state index contributed by atoms with van der Waals surface area (Å²) in [5.74, 6) is -0.176. The molecule has 0 saturated carbocycles. The number of hydrogen-bond donors (Lipinski definition) is 2. The molecule has 1 heterocycles. The third-order valence-corrected chi connectivity index (χ3v) is 4.53. The van der Waals surface area contributed by atoms with Crippen LogP contribution in [0.2, 0.25) is 0 Å². The van der Waals surface area contributed by atoms with E-state index in [9.17, 15) is 9.50 Å². The Hall–Kier alpha value is -2.43. The number of aliphatic hydroxyl groups is 1. The van der Waals surface area contributed by atoms with Crippen LogP contribution in [0.3, 0.4) is 0 Å². The third-order valence-electron chi connectivity index (χ3n) is 4.53. The first-order valence-electron chi connectivity index (χ1n) is 9.05. The molecule has 0 aliphatic rings. The molecule has 1 aromatic heterocycles. The van der Waals surface area contributed by atoms with Crippen LogP contribution >= 0.6 is 0 Å². The van der Waals surface area contributed by atoms with Crippen molar-refractivity contribution in [1.82, 2.24) is 4.57 Å². The predicted octanol–water partition coefficient (Wildman–Crippen LogP) is 2.64. The Morgan fingerprint density at radius 1 is 0.962 bits per heavy atom. The van der Waals surface area contributed by atoms with E-state index >= 15 is 0 Å². The largest absolute Gasteiger partial charge is 0.388 e. The lowest BCUT2D eigenvalue weighted by Gasteiger charge is -2.22. The molecule has 1 unspecified atom stereocenters. The molecule has 2 atom stereocenters. The Balaban J connectivity index is 1.75. The molecule has 0 aliphatic heterocycles. The van der Waals surface area contributed by atoms with E-state index in [-0.39, 0.29) is 11.9 Å². The van der Waals surface area contributed by atoms with E-state index < -0.39 is 0 Å². The zero-order chi connectivity index (χ0) is 18.4. The smallest absolute Gasteiger partial charge is 0.128 e. The van der Waals surface area contributed by atoms with Crippen molar-refractivity contribution in [2.45, 2.75) is 32.7 Å². The van der Waals surface area contributed by atoms with Crippen LogP contribution in [0.5, 0.6) is 0 Å². The molecular formula is C22H26FN2O+. The molecule has 3 aromatic rings. The average molecular weight is 353 g/mol. The first-order valence-corrected chi connectivity index (χ1v) is 9.05. The van der Waals surface area contributed by atoms with Gasteiger partial charge in [-0.05, 0) is 25.1 Å². The molecule has 3 rings (SSSR count). The van der Waals surface area contributed by atoms with Gasteiger partial charge in [0.25, 0.3) is 0 Å². The third kappa shape index (κ3) is 5.04. The highest BCUT2D eigenvalue weighted by atomic mass is 19.1. The SMILES string of the molecule is C[C@@H](O)C[NH+](Cc1ccccc1)Cc1cccn1Cc1ccccc1F. The highest BCUT2D eigenvalue weighted by Crippen LogP contribution is 2.11. The molecule has 2 N–H and O–H groups in total. The van der Waals surface area contributed by atoms with Crippen LogP contribution in [0.4, 0.5) is 4.39 Å². The van der Waals surface area contributed by atoms with Gasteiger partial charge in [0.15, 0.2) is 0 Å². The van der Waals surface area contributed by atoms with Gasteiger partial charge in [-0.15, -0.1) is 0 Å². The van der Waals surface area contributed by atoms with E-state index in [1.165, 1.54) is 16.5 Å². The van der Waals surface area contributed by atoms with Gasteiger partial charge in [0.05, 0.1) is 12.2 Å². The second-order valence-electron chi connectivity index (χ2n) is 6.86. The van der Waals surface area contributed by atoms with Gasteiger partial charge in [0, 0.05) is 17.3 Å². The number of aliphatic hydroxyl groups excluding tert-OH is 1. The van der Waals surface area contributed by atoms with Gasteiger partial charge in [-0.3, -0.25) is 0 Å². The van der Waals surface area contributed by atoms with E-state index in [0.29, 0.717) is 18.7 Å². The van der Waals surface area contributed by atoms with Crippen molar-refractivity contribution in [2.24, 2.45) is 0 Å². The van der Waals surface area contributed by atoms with Crippen LogP contribution in [0.25, 0.3) is 0 Å². The summed E-state index contributed by atoms with van der Waals surface area (Å²) in [6.07, 6.45) is 1.62. The number of nitrogens with zero attached hydrogens (tertiary/aromatic N) is 1. The summed E-state index contributed by atoms with van der Waals surface area (Å²) >= 11 is 0. The fourth-order valence-corrected chi connectivity index (χ4v) is 3.34. The first-order chi connectivity index (χ1) is 12.6. The van der Waals surface area contributed by atoms with Crippen molar-refractivity contribution in [3.63, 3.8) is 0 Å². The van der Waals surface area contributed by atoms with Gasteiger partial charge < -0.3 is 14.6 Å². The molecule has 0 bridgehead atoms. The van der Waals surface area contributed by atoms with Crippen molar-refractivity contribution in [1.29, 1.82) is 0 Å². The second-order valence-corrected chi connectivity index (χ2v) is 6.86. The summed E-state index contributed by atoms with van der Waals surface area (Å²) in [7, 11) is 0. The Bertz CT molecular complexity index is 814. The lowest BCUT2D eigenvalue weighted by atomic mass is 10.2. The number of quaternary nitrogens is 1. The van der Waals surface area contributed by atoms with Crippen LogP contribution < -0.4 is 4.90 Å². The minimum Gasteiger partial charge on any atom is -0.388 e. The molecule has 26 heavy (non-hydrogen) atoms. The standard InChI is InChI=1S/C22H25FN2O/c1-18(26)14-24(15-19-8-3-2-4-9-19)17-21-11-7-13-25(21)16-20-10-5-6-12-22(20)23/h2-13,18,26H,14-17H2,1H3/p+1/t18-/m1/s1. The fourth-order valence-electron chi connectivity index (χ4n) is 3.34. The first kappa shape index (κ1) is 18.4. The van der Waals surface area contributed by atoms with Gasteiger partial charge in [0.1, 0.15) is 31.6 Å². The summed E-state index contributed by atoms with van der Waals surface area (Å²) in [6.45, 7) is 4.63. The number of aromatic nitrogens is 1. The molecular weight excluding hydrogens is 327 g/mol. The quantitative estimate of drug-likeness (QED) is 0.641. The zero-order valence-electron chi connectivity index (χ0n) is 15.1. The van der Waals surface area contributed by atoms with Gasteiger partial charge in [-0.25, -0.2) is 4.39 Å². The normalized spacial score (nSPS) is 13.5. The topological polar surface area (TPSA) is 29.6 Å². The molecule has 0 aliphatic carbocycles. The molecule has 3 nitrogen and oxygen atoms in total. The van der Waals surface area contributed by atoms with Crippen molar-refractivity contribution >= 4 is 0 Å². The fraction of sp³-hybridized carbons (Fsp3) is 0.273. The molecule has 2 aromatic carbocycles. The number of halogens is 1. The van der Waals surface area contributed by atoms with Crippen molar-refractivity contribution in [2.75, 3.05) is 6.54 Å². The van der Waals surface area contributed by atoms with Gasteiger partial charge in [-0.1, -0.05) is 48.5 Å². The van der Waals surface area contributed by atoms with Crippen LogP contribution in [-0.4, -0.2) is 22.3 Å². The van der Waals surface area contributed by atoms with Crippen molar-refractivity contribution in [3.05, 3.63) is 95.6 Å². The van der Waals surface area contributed by atoms with Crippen molar-refractivity contribution in [3.8, 4) is 0 Å². The maximum Gasteiger partial charge on any atom is 0.128 e. The van der Waals surface area contributed by atoms with E-state index in [0.717, 1.165) is 18.8 Å². The highest BCUT2D eigenvalue weighted by molar-refractivity contribution is 5.19. The summed E-state index contributed by atoms with van der Waals surface area (Å²) in [6, 6.07) is 21.3. The van der Waals surface area contributed by atoms with Crippen LogP contribution in [-0.2, 0) is 19.6 Å². The zero-order valence-corrected chi connectivity index (χ0v) is 15.1. The van der Waals surface area contributed by atoms with Gasteiger partial charge in [-0.2, -0.15) is 0 Å². The van der Waals surface area contributed by atoms with E-state index in [2.05, 4.69) is 22.8 Å². The van der Waals surface area contributed by atoms with Crippen LogP contribution in [0.15, 0.2) is 72.9 Å². The molecule has 0 saturated heterocycles. The second kappa shape index (κ2) is 8.79. The lowest BCUT2D eigenvalue weighted by Crippen LogP contribution is -3.10. The maximum atomic E-state index is 14.0. The Kier molecular flexibility index (Phi) is 6.21. The minimum absolute atomic E-state index is 0.176. The van der Waals surface area contributed by atoms with Crippen LogP contribution in [0.1, 0.15) is 23.7 Å². The predicted molar refractivity (Wildman–Crippen MR) is 101 cm³/mol. The maximum absolute atomic E-state index is 14.0. The molecule has 0 fully saturated rings. The number of benzene rings is 2. The van der Waals surface area contributed by atoms with E-state index in [1.54, 1.807) is 6.07 Å². The Morgan fingerprint density at radius 3 is 2.42 bits per heavy atom. The summed E-state index contributed by atoms with van der Waals surface area (Å²) < 4.78 is 16.1. The minimum atomic E-state index is -0.372. The van der Waals surface area contributed by atoms with Crippen molar-refractivity contribution < 1.29 is 14.4 Å². The molecule has 4 heteroatoms. The van der Waals surface area contributed by atoms with Gasteiger partial charge in [0.2, 0.25) is 0 Å². The monoisotopic (exact) mass is 353 g/mol. The number of rotatable bonds is 8. The number of hydrogen-bond acceptors (Lipinski definition) is 1. The molecule has 136 valence electrons. The van der Waals surface area contributed by atoms with Crippen LogP contribution in [0, 0.1) is 5.82 Å². The number of nitrogens with one attached hydrogen (secondary N) is 1. The van der Waals surface area contributed by atoms with E-state index in [1.807, 2.05) is 49.5 Å². The Morgan fingerprint density at radius 2 is 1.69 bits per heavy atom. The lowest BCUT2D eigenvalue weighted by molar-refractivity contribution is -0.930. The van der Waals surface area contributed by atoms with E-state index in [4.69, 9.17) is 0 Å².